The van der Waals surface area contributed by atoms with Gasteiger partial charge in [0.05, 0.1) is 0 Å². The molecule has 1 aliphatic heterocycles. The third-order valence-electron chi connectivity index (χ3n) is 3.79. The standard InChI is InChI=1S/C15H23BrN2/c1-2-15(13-3-5-14(16)6-4-13)18-11-12-7-9-17-10-8-12/h3-6,12,15,17-18H,2,7-11H2,1H3. The van der Waals surface area contributed by atoms with Crippen LogP contribution in [0.1, 0.15) is 37.8 Å². The van der Waals surface area contributed by atoms with Gasteiger partial charge in [0.1, 0.15) is 0 Å². The van der Waals surface area contributed by atoms with Gasteiger partial charge in [0.15, 0.2) is 0 Å². The van der Waals surface area contributed by atoms with Crippen molar-refractivity contribution in [2.75, 3.05) is 19.6 Å². The molecule has 3 heteroatoms. The molecule has 1 fully saturated rings. The van der Waals surface area contributed by atoms with Gasteiger partial charge in [-0.25, -0.2) is 0 Å². The number of piperidine rings is 1. The minimum absolute atomic E-state index is 0.494. The average Bonchev–Trinajstić information content (AvgIpc) is 2.42. The number of rotatable bonds is 5. The largest absolute Gasteiger partial charge is 0.317 e. The zero-order valence-electron chi connectivity index (χ0n) is 11.1. The van der Waals surface area contributed by atoms with E-state index in [4.69, 9.17) is 0 Å². The highest BCUT2D eigenvalue weighted by Gasteiger charge is 2.15. The van der Waals surface area contributed by atoms with Crippen LogP contribution < -0.4 is 10.6 Å². The molecule has 2 rings (SSSR count). The molecule has 0 aromatic heterocycles. The molecule has 0 bridgehead atoms. The van der Waals surface area contributed by atoms with Crippen LogP contribution in [-0.4, -0.2) is 19.6 Å². The Morgan fingerprint density at radius 3 is 2.56 bits per heavy atom. The monoisotopic (exact) mass is 310 g/mol. The lowest BCUT2D eigenvalue weighted by molar-refractivity contribution is 0.338. The molecule has 2 N–H and O–H groups in total. The molecule has 1 heterocycles. The van der Waals surface area contributed by atoms with Crippen molar-refractivity contribution in [1.82, 2.24) is 10.6 Å². The molecule has 0 amide bonds. The van der Waals surface area contributed by atoms with Gasteiger partial charge in [-0.05, 0) is 62.5 Å². The first-order chi connectivity index (χ1) is 8.79. The first kappa shape index (κ1) is 14.0. The molecule has 0 saturated carbocycles. The van der Waals surface area contributed by atoms with Gasteiger partial charge in [-0.2, -0.15) is 0 Å². The van der Waals surface area contributed by atoms with Crippen LogP contribution in [0.2, 0.25) is 0 Å². The Kier molecular flexibility index (Phi) is 5.67. The molecule has 1 saturated heterocycles. The summed E-state index contributed by atoms with van der Waals surface area (Å²) >= 11 is 3.49. The van der Waals surface area contributed by atoms with E-state index in [1.807, 2.05) is 0 Å². The maximum Gasteiger partial charge on any atom is 0.0317 e. The Hall–Kier alpha value is -0.380. The van der Waals surface area contributed by atoms with E-state index >= 15 is 0 Å². The maximum atomic E-state index is 3.73. The summed E-state index contributed by atoms with van der Waals surface area (Å²) in [6, 6.07) is 9.18. The van der Waals surface area contributed by atoms with E-state index in [1.54, 1.807) is 0 Å². The van der Waals surface area contributed by atoms with Gasteiger partial charge in [0.2, 0.25) is 0 Å². The zero-order chi connectivity index (χ0) is 12.8. The van der Waals surface area contributed by atoms with Crippen molar-refractivity contribution in [3.63, 3.8) is 0 Å². The molecular weight excluding hydrogens is 288 g/mol. The zero-order valence-corrected chi connectivity index (χ0v) is 12.7. The first-order valence-corrected chi connectivity index (χ1v) is 7.78. The smallest absolute Gasteiger partial charge is 0.0317 e. The molecule has 1 unspecified atom stereocenters. The number of halogens is 1. The van der Waals surface area contributed by atoms with Gasteiger partial charge >= 0.3 is 0 Å². The van der Waals surface area contributed by atoms with Crippen LogP contribution in [0.25, 0.3) is 0 Å². The van der Waals surface area contributed by atoms with E-state index in [0.29, 0.717) is 6.04 Å². The Morgan fingerprint density at radius 2 is 1.94 bits per heavy atom. The highest BCUT2D eigenvalue weighted by atomic mass is 79.9. The van der Waals surface area contributed by atoms with E-state index in [0.717, 1.165) is 23.4 Å². The van der Waals surface area contributed by atoms with Crippen molar-refractivity contribution in [3.8, 4) is 0 Å². The quantitative estimate of drug-likeness (QED) is 0.870. The van der Waals surface area contributed by atoms with Gasteiger partial charge < -0.3 is 10.6 Å². The second-order valence-electron chi connectivity index (χ2n) is 5.11. The fourth-order valence-corrected chi connectivity index (χ4v) is 2.85. The third kappa shape index (κ3) is 4.08. The van der Waals surface area contributed by atoms with Gasteiger partial charge in [-0.15, -0.1) is 0 Å². The molecule has 0 radical (unpaired) electrons. The van der Waals surface area contributed by atoms with Crippen LogP contribution >= 0.6 is 15.9 Å². The Labute approximate surface area is 119 Å². The van der Waals surface area contributed by atoms with Crippen molar-refractivity contribution in [3.05, 3.63) is 34.3 Å². The predicted octanol–water partition coefficient (Wildman–Crippen LogP) is 3.49. The Morgan fingerprint density at radius 1 is 1.28 bits per heavy atom. The van der Waals surface area contributed by atoms with E-state index in [-0.39, 0.29) is 0 Å². The fraction of sp³-hybridized carbons (Fsp3) is 0.600. The van der Waals surface area contributed by atoms with Crippen LogP contribution in [0.3, 0.4) is 0 Å². The number of hydrogen-bond acceptors (Lipinski definition) is 2. The summed E-state index contributed by atoms with van der Waals surface area (Å²) < 4.78 is 1.15. The second kappa shape index (κ2) is 7.27. The van der Waals surface area contributed by atoms with Gasteiger partial charge in [0, 0.05) is 10.5 Å². The van der Waals surface area contributed by atoms with Crippen molar-refractivity contribution < 1.29 is 0 Å². The van der Waals surface area contributed by atoms with Gasteiger partial charge in [-0.1, -0.05) is 35.0 Å². The van der Waals surface area contributed by atoms with Crippen LogP contribution in [-0.2, 0) is 0 Å². The number of benzene rings is 1. The van der Waals surface area contributed by atoms with E-state index in [2.05, 4.69) is 57.8 Å². The summed E-state index contributed by atoms with van der Waals surface area (Å²) in [6.45, 7) is 5.77. The molecular formula is C15H23BrN2. The molecule has 1 aromatic rings. The summed E-state index contributed by atoms with van der Waals surface area (Å²) in [6.07, 6.45) is 3.76. The maximum absolute atomic E-state index is 3.73. The minimum atomic E-state index is 0.494. The lowest BCUT2D eigenvalue weighted by Crippen LogP contribution is -2.34. The molecule has 2 nitrogen and oxygen atoms in total. The van der Waals surface area contributed by atoms with Crippen molar-refractivity contribution in [2.45, 2.75) is 32.2 Å². The van der Waals surface area contributed by atoms with Crippen LogP contribution in [0.5, 0.6) is 0 Å². The number of nitrogens with one attached hydrogen (secondary N) is 2. The van der Waals surface area contributed by atoms with Crippen molar-refractivity contribution in [1.29, 1.82) is 0 Å². The van der Waals surface area contributed by atoms with E-state index in [9.17, 15) is 0 Å². The molecule has 0 aliphatic carbocycles. The molecule has 18 heavy (non-hydrogen) atoms. The van der Waals surface area contributed by atoms with E-state index < -0.39 is 0 Å². The summed E-state index contributed by atoms with van der Waals surface area (Å²) in [5, 5.41) is 7.15. The van der Waals surface area contributed by atoms with Gasteiger partial charge in [0.25, 0.3) is 0 Å². The minimum Gasteiger partial charge on any atom is -0.317 e. The summed E-state index contributed by atoms with van der Waals surface area (Å²) in [4.78, 5) is 0. The second-order valence-corrected chi connectivity index (χ2v) is 6.03. The SMILES string of the molecule is CCC(NCC1CCNCC1)c1ccc(Br)cc1. The normalized spacial score (nSPS) is 18.8. The highest BCUT2D eigenvalue weighted by molar-refractivity contribution is 9.10. The highest BCUT2D eigenvalue weighted by Crippen LogP contribution is 2.20. The lowest BCUT2D eigenvalue weighted by Gasteiger charge is -2.26. The van der Waals surface area contributed by atoms with Crippen LogP contribution in [0.4, 0.5) is 0 Å². The van der Waals surface area contributed by atoms with Crippen LogP contribution in [0.15, 0.2) is 28.7 Å². The molecule has 1 aliphatic rings. The number of hydrogen-bond donors (Lipinski definition) is 2. The topological polar surface area (TPSA) is 24.1 Å². The lowest BCUT2D eigenvalue weighted by atomic mass is 9.97. The molecule has 1 aromatic carbocycles. The summed E-state index contributed by atoms with van der Waals surface area (Å²) in [5.74, 6) is 0.843. The first-order valence-electron chi connectivity index (χ1n) is 6.99. The third-order valence-corrected chi connectivity index (χ3v) is 4.32. The summed E-state index contributed by atoms with van der Waals surface area (Å²) in [7, 11) is 0. The predicted molar refractivity (Wildman–Crippen MR) is 80.8 cm³/mol. The molecule has 1 atom stereocenters. The van der Waals surface area contributed by atoms with E-state index in [1.165, 1.54) is 31.5 Å². The molecule has 100 valence electrons. The van der Waals surface area contributed by atoms with Crippen LogP contribution in [0, 0.1) is 5.92 Å². The fourth-order valence-electron chi connectivity index (χ4n) is 2.59. The van der Waals surface area contributed by atoms with Crippen molar-refractivity contribution in [2.24, 2.45) is 5.92 Å². The Balaban J connectivity index is 1.86. The van der Waals surface area contributed by atoms with Crippen molar-refractivity contribution >= 4 is 15.9 Å². The van der Waals surface area contributed by atoms with Gasteiger partial charge in [-0.3, -0.25) is 0 Å². The Bertz CT molecular complexity index is 344. The summed E-state index contributed by atoms with van der Waals surface area (Å²) in [5.41, 5.74) is 1.40. The average molecular weight is 311 g/mol. The molecule has 0 spiro atoms.